The van der Waals surface area contributed by atoms with Crippen LogP contribution >= 0.6 is 0 Å². The minimum Gasteiger partial charge on any atom is -0.397 e. The summed E-state index contributed by atoms with van der Waals surface area (Å²) in [6.07, 6.45) is -4.69. The molecule has 0 aliphatic rings. The summed E-state index contributed by atoms with van der Waals surface area (Å²) in [5.41, 5.74) is 3.22. The molecule has 0 bridgehead atoms. The van der Waals surface area contributed by atoms with Crippen molar-refractivity contribution >= 4 is 5.69 Å². The van der Waals surface area contributed by atoms with Crippen LogP contribution in [0, 0.1) is 11.6 Å². The van der Waals surface area contributed by atoms with E-state index in [9.17, 15) is 22.0 Å². The Balaban J connectivity index is 2.64. The Morgan fingerprint density at radius 2 is 1.68 bits per heavy atom. The number of alkyl halides is 3. The fourth-order valence-electron chi connectivity index (χ4n) is 1.52. The Morgan fingerprint density at radius 3 is 2.32 bits per heavy atom. The number of pyridine rings is 1. The molecular formula is C12H7F5N2. The maximum Gasteiger partial charge on any atom is 0.433 e. The highest BCUT2D eigenvalue weighted by molar-refractivity contribution is 5.73. The van der Waals surface area contributed by atoms with E-state index >= 15 is 0 Å². The molecule has 1 aromatic heterocycles. The zero-order valence-corrected chi connectivity index (χ0v) is 9.30. The Kier molecular flexibility index (Phi) is 3.13. The molecule has 0 radical (unpaired) electrons. The monoisotopic (exact) mass is 274 g/mol. The summed E-state index contributed by atoms with van der Waals surface area (Å²) in [5, 5.41) is 0. The number of hydrogen-bond donors (Lipinski definition) is 1. The summed E-state index contributed by atoms with van der Waals surface area (Å²) in [6.45, 7) is 0. The van der Waals surface area contributed by atoms with Crippen LogP contribution < -0.4 is 5.73 Å². The molecule has 19 heavy (non-hydrogen) atoms. The zero-order valence-electron chi connectivity index (χ0n) is 9.30. The van der Waals surface area contributed by atoms with Crippen LogP contribution in [0.1, 0.15) is 5.69 Å². The van der Waals surface area contributed by atoms with Crippen molar-refractivity contribution in [1.29, 1.82) is 0 Å². The predicted molar refractivity (Wildman–Crippen MR) is 59.0 cm³/mol. The van der Waals surface area contributed by atoms with Crippen LogP contribution in [0.2, 0.25) is 0 Å². The zero-order chi connectivity index (χ0) is 14.2. The third-order valence-corrected chi connectivity index (χ3v) is 2.40. The third-order valence-electron chi connectivity index (χ3n) is 2.40. The van der Waals surface area contributed by atoms with E-state index in [1.807, 2.05) is 0 Å². The van der Waals surface area contributed by atoms with Gasteiger partial charge in [0.05, 0.1) is 11.4 Å². The van der Waals surface area contributed by atoms with Crippen LogP contribution in [0.3, 0.4) is 0 Å². The third kappa shape index (κ3) is 2.64. The fraction of sp³-hybridized carbons (Fsp3) is 0.0833. The molecule has 0 atom stereocenters. The highest BCUT2D eigenvalue weighted by atomic mass is 19.4. The van der Waals surface area contributed by atoms with E-state index in [4.69, 9.17) is 5.73 Å². The first-order chi connectivity index (χ1) is 8.79. The van der Waals surface area contributed by atoms with Crippen LogP contribution in [0.4, 0.5) is 27.6 Å². The van der Waals surface area contributed by atoms with Gasteiger partial charge in [0, 0.05) is 5.56 Å². The van der Waals surface area contributed by atoms with Crippen molar-refractivity contribution in [2.24, 2.45) is 0 Å². The number of benzene rings is 1. The lowest BCUT2D eigenvalue weighted by atomic mass is 10.1. The molecule has 2 nitrogen and oxygen atoms in total. The van der Waals surface area contributed by atoms with E-state index in [1.165, 1.54) is 0 Å². The Morgan fingerprint density at radius 1 is 1.00 bits per heavy atom. The van der Waals surface area contributed by atoms with Crippen molar-refractivity contribution in [3.05, 3.63) is 47.7 Å². The predicted octanol–water partition coefficient (Wildman–Crippen LogP) is 3.63. The Hall–Kier alpha value is -2.18. The first-order valence-corrected chi connectivity index (χ1v) is 5.08. The molecule has 0 saturated heterocycles. The summed E-state index contributed by atoms with van der Waals surface area (Å²) in [4.78, 5) is 3.26. The van der Waals surface area contributed by atoms with Gasteiger partial charge in [0.2, 0.25) is 0 Å². The molecule has 0 amide bonds. The standard InChI is InChI=1S/C12H7F5N2/c13-6-1-2-8(14)7(5-6)11-9(18)3-4-10(19-11)12(15,16)17/h1-5H,18H2. The van der Waals surface area contributed by atoms with Gasteiger partial charge in [-0.15, -0.1) is 0 Å². The second-order valence-corrected chi connectivity index (χ2v) is 3.76. The van der Waals surface area contributed by atoms with Crippen molar-refractivity contribution in [3.8, 4) is 11.3 Å². The largest absolute Gasteiger partial charge is 0.433 e. The summed E-state index contributed by atoms with van der Waals surface area (Å²) >= 11 is 0. The van der Waals surface area contributed by atoms with Gasteiger partial charge >= 0.3 is 6.18 Å². The smallest absolute Gasteiger partial charge is 0.397 e. The number of nitrogens with two attached hydrogens (primary N) is 1. The fourth-order valence-corrected chi connectivity index (χ4v) is 1.52. The highest BCUT2D eigenvalue weighted by Gasteiger charge is 2.33. The minimum absolute atomic E-state index is 0.169. The van der Waals surface area contributed by atoms with Crippen LogP contribution in [0.25, 0.3) is 11.3 Å². The van der Waals surface area contributed by atoms with E-state index in [0.717, 1.165) is 24.3 Å². The van der Waals surface area contributed by atoms with Crippen LogP contribution in [0.15, 0.2) is 30.3 Å². The lowest BCUT2D eigenvalue weighted by molar-refractivity contribution is -0.141. The van der Waals surface area contributed by atoms with E-state index in [-0.39, 0.29) is 5.69 Å². The number of rotatable bonds is 1. The molecule has 0 unspecified atom stereocenters. The van der Waals surface area contributed by atoms with Gasteiger partial charge < -0.3 is 5.73 Å². The number of aromatic nitrogens is 1. The molecule has 2 rings (SSSR count). The molecule has 100 valence electrons. The highest BCUT2D eigenvalue weighted by Crippen LogP contribution is 2.33. The maximum atomic E-state index is 13.5. The van der Waals surface area contributed by atoms with Crippen molar-refractivity contribution in [2.75, 3.05) is 5.73 Å². The molecule has 1 aromatic carbocycles. The van der Waals surface area contributed by atoms with Crippen LogP contribution in [-0.4, -0.2) is 4.98 Å². The van der Waals surface area contributed by atoms with Gasteiger partial charge in [-0.2, -0.15) is 13.2 Å². The molecule has 2 N–H and O–H groups in total. The second-order valence-electron chi connectivity index (χ2n) is 3.76. The van der Waals surface area contributed by atoms with Crippen LogP contribution in [0.5, 0.6) is 0 Å². The number of nitrogen functional groups attached to an aromatic ring is 1. The molecule has 1 heterocycles. The van der Waals surface area contributed by atoms with Gasteiger partial charge in [0.15, 0.2) is 0 Å². The average Bonchev–Trinajstić information content (AvgIpc) is 2.32. The van der Waals surface area contributed by atoms with Gasteiger partial charge in [-0.05, 0) is 30.3 Å². The summed E-state index contributed by atoms with van der Waals surface area (Å²) in [5.74, 6) is -1.70. The Bertz CT molecular complexity index is 622. The summed E-state index contributed by atoms with van der Waals surface area (Å²) < 4.78 is 64.1. The molecule has 0 spiro atoms. The van der Waals surface area contributed by atoms with Gasteiger partial charge in [0.1, 0.15) is 17.3 Å². The van der Waals surface area contributed by atoms with Gasteiger partial charge in [-0.1, -0.05) is 0 Å². The van der Waals surface area contributed by atoms with Crippen molar-refractivity contribution in [3.63, 3.8) is 0 Å². The lowest BCUT2D eigenvalue weighted by Gasteiger charge is -2.11. The lowest BCUT2D eigenvalue weighted by Crippen LogP contribution is -2.09. The van der Waals surface area contributed by atoms with E-state index in [2.05, 4.69) is 4.98 Å². The summed E-state index contributed by atoms with van der Waals surface area (Å²) in [7, 11) is 0. The number of anilines is 1. The van der Waals surface area contributed by atoms with Gasteiger partial charge in [-0.25, -0.2) is 13.8 Å². The van der Waals surface area contributed by atoms with Crippen LogP contribution in [-0.2, 0) is 6.18 Å². The maximum absolute atomic E-state index is 13.5. The minimum atomic E-state index is -4.69. The Labute approximate surface area is 104 Å². The molecule has 0 saturated carbocycles. The first-order valence-electron chi connectivity index (χ1n) is 5.08. The first kappa shape index (κ1) is 13.3. The number of halogens is 5. The van der Waals surface area contributed by atoms with Crippen molar-refractivity contribution in [1.82, 2.24) is 4.98 Å². The molecule has 0 fully saturated rings. The average molecular weight is 274 g/mol. The number of hydrogen-bond acceptors (Lipinski definition) is 2. The molecular weight excluding hydrogens is 267 g/mol. The van der Waals surface area contributed by atoms with E-state index in [1.54, 1.807) is 0 Å². The number of nitrogens with zero attached hydrogens (tertiary/aromatic N) is 1. The van der Waals surface area contributed by atoms with Crippen molar-refractivity contribution in [2.45, 2.75) is 6.18 Å². The molecule has 7 heteroatoms. The van der Waals surface area contributed by atoms with Gasteiger partial charge in [0.25, 0.3) is 0 Å². The normalized spacial score (nSPS) is 11.6. The molecule has 0 aliphatic carbocycles. The van der Waals surface area contributed by atoms with Crippen molar-refractivity contribution < 1.29 is 22.0 Å². The molecule has 2 aromatic rings. The topological polar surface area (TPSA) is 38.9 Å². The quantitative estimate of drug-likeness (QED) is 0.806. The SMILES string of the molecule is Nc1ccc(C(F)(F)F)nc1-c1cc(F)ccc1F. The van der Waals surface area contributed by atoms with E-state index < -0.39 is 34.8 Å². The second kappa shape index (κ2) is 4.49. The summed E-state index contributed by atoms with van der Waals surface area (Å²) in [6, 6.07) is 4.02. The van der Waals surface area contributed by atoms with Gasteiger partial charge in [-0.3, -0.25) is 0 Å². The van der Waals surface area contributed by atoms with E-state index in [0.29, 0.717) is 6.07 Å². The molecule has 0 aliphatic heterocycles.